The first-order chi connectivity index (χ1) is 17.8. The predicted octanol–water partition coefficient (Wildman–Crippen LogP) is 2.93. The number of hydrogen-bond donors (Lipinski definition) is 3. The lowest BCUT2D eigenvalue weighted by atomic mass is 9.90. The minimum atomic E-state index is -1.48. The molecule has 1 fully saturated rings. The number of rotatable bonds is 9. The topological polar surface area (TPSA) is 123 Å². The molecule has 0 unspecified atom stereocenters. The van der Waals surface area contributed by atoms with Gasteiger partial charge in [-0.3, -0.25) is 4.68 Å². The highest BCUT2D eigenvalue weighted by atomic mass is 35.5. The number of ether oxygens (including phenoxy) is 3. The van der Waals surface area contributed by atoms with E-state index in [0.717, 1.165) is 16.9 Å². The summed E-state index contributed by atoms with van der Waals surface area (Å²) in [4.78, 5) is 12.2. The molecular formula is C27H31ClN2O7. The molecule has 9 nitrogen and oxygen atoms in total. The zero-order valence-electron chi connectivity index (χ0n) is 20.7. The fraction of sp³-hybridized carbons (Fsp3) is 0.407. The molecule has 0 aliphatic carbocycles. The van der Waals surface area contributed by atoms with Gasteiger partial charge >= 0.3 is 5.97 Å². The Balaban J connectivity index is 1.55. The van der Waals surface area contributed by atoms with Crippen LogP contribution in [0.3, 0.4) is 0 Å². The fourth-order valence-electron chi connectivity index (χ4n) is 4.40. The van der Waals surface area contributed by atoms with E-state index in [0.29, 0.717) is 23.6 Å². The number of aliphatic hydroxyl groups is 3. The normalized spacial score (nSPS) is 23.6. The first-order valence-corrected chi connectivity index (χ1v) is 12.6. The third-order valence-electron chi connectivity index (χ3n) is 6.29. The molecule has 2 aromatic carbocycles. The number of carbonyl (C=O) groups excluding carboxylic acids is 1. The highest BCUT2D eigenvalue weighted by molar-refractivity contribution is 6.31. The van der Waals surface area contributed by atoms with Gasteiger partial charge < -0.3 is 29.5 Å². The molecule has 4 rings (SSSR count). The summed E-state index contributed by atoms with van der Waals surface area (Å²) in [6.07, 6.45) is -4.18. The Morgan fingerprint density at radius 1 is 1.03 bits per heavy atom. The van der Waals surface area contributed by atoms with Crippen molar-refractivity contribution in [2.45, 2.75) is 57.3 Å². The third-order valence-corrected chi connectivity index (χ3v) is 6.66. The van der Waals surface area contributed by atoms with Gasteiger partial charge in [-0.15, -0.1) is 0 Å². The molecule has 3 aromatic rings. The second-order valence-corrected chi connectivity index (χ2v) is 9.20. The van der Waals surface area contributed by atoms with Gasteiger partial charge in [0.1, 0.15) is 42.0 Å². The summed E-state index contributed by atoms with van der Waals surface area (Å²) in [5, 5.41) is 36.7. The van der Waals surface area contributed by atoms with E-state index in [1.54, 1.807) is 19.1 Å². The second kappa shape index (κ2) is 12.1. The number of aliphatic hydroxyl groups excluding tert-OH is 3. The van der Waals surface area contributed by atoms with Crippen LogP contribution in [0, 0.1) is 0 Å². The summed E-state index contributed by atoms with van der Waals surface area (Å²) >= 11 is 6.48. The van der Waals surface area contributed by atoms with Crippen molar-refractivity contribution in [1.29, 1.82) is 0 Å². The molecule has 1 aliphatic heterocycles. The highest BCUT2D eigenvalue weighted by Crippen LogP contribution is 2.35. The molecule has 37 heavy (non-hydrogen) atoms. The average Bonchev–Trinajstić information content (AvgIpc) is 3.35. The van der Waals surface area contributed by atoms with Gasteiger partial charge in [0.05, 0.1) is 19.8 Å². The summed E-state index contributed by atoms with van der Waals surface area (Å²) < 4.78 is 18.0. The van der Waals surface area contributed by atoms with Crippen LogP contribution in [0.25, 0.3) is 0 Å². The van der Waals surface area contributed by atoms with Gasteiger partial charge in [-0.1, -0.05) is 35.9 Å². The first-order valence-electron chi connectivity index (χ1n) is 12.2. The Bertz CT molecular complexity index is 1200. The summed E-state index contributed by atoms with van der Waals surface area (Å²) in [6, 6.07) is 14.5. The van der Waals surface area contributed by atoms with E-state index in [1.165, 1.54) is 16.9 Å². The monoisotopic (exact) mass is 530 g/mol. The molecule has 10 heteroatoms. The number of hydrogen-bond acceptors (Lipinski definition) is 8. The Hall–Kier alpha value is -2.95. The van der Waals surface area contributed by atoms with E-state index in [2.05, 4.69) is 5.10 Å². The van der Waals surface area contributed by atoms with Crippen molar-refractivity contribution in [3.8, 4) is 5.75 Å². The molecule has 5 atom stereocenters. The van der Waals surface area contributed by atoms with Crippen molar-refractivity contribution in [3.05, 3.63) is 82.1 Å². The Morgan fingerprint density at radius 2 is 1.78 bits per heavy atom. The van der Waals surface area contributed by atoms with Gasteiger partial charge in [0.25, 0.3) is 0 Å². The Kier molecular flexibility index (Phi) is 8.83. The maximum Gasteiger partial charge on any atom is 0.356 e. The quantitative estimate of drug-likeness (QED) is 0.361. The fourth-order valence-corrected chi connectivity index (χ4v) is 4.59. The summed E-state index contributed by atoms with van der Waals surface area (Å²) in [6.45, 7) is 4.38. The lowest BCUT2D eigenvalue weighted by molar-refractivity contribution is -0.228. The van der Waals surface area contributed by atoms with Gasteiger partial charge in [-0.25, -0.2) is 4.79 Å². The largest absolute Gasteiger partial charge is 0.494 e. The van der Waals surface area contributed by atoms with Crippen LogP contribution in [-0.4, -0.2) is 68.7 Å². The lowest BCUT2D eigenvalue weighted by Crippen LogP contribution is -2.55. The summed E-state index contributed by atoms with van der Waals surface area (Å²) in [7, 11) is 0. The van der Waals surface area contributed by atoms with E-state index < -0.39 is 36.5 Å². The van der Waals surface area contributed by atoms with Crippen molar-refractivity contribution in [3.63, 3.8) is 0 Å². The molecule has 0 saturated carbocycles. The number of halogens is 1. The summed E-state index contributed by atoms with van der Waals surface area (Å²) in [5.41, 5.74) is 2.62. The zero-order valence-corrected chi connectivity index (χ0v) is 21.4. The van der Waals surface area contributed by atoms with E-state index in [-0.39, 0.29) is 18.8 Å². The maximum atomic E-state index is 12.2. The van der Waals surface area contributed by atoms with Gasteiger partial charge in [-0.05, 0) is 61.2 Å². The van der Waals surface area contributed by atoms with Crippen LogP contribution in [0.4, 0.5) is 0 Å². The average molecular weight is 531 g/mol. The molecule has 1 saturated heterocycles. The lowest BCUT2D eigenvalue weighted by Gasteiger charge is -2.41. The van der Waals surface area contributed by atoms with Gasteiger partial charge in [0.15, 0.2) is 0 Å². The van der Waals surface area contributed by atoms with E-state index >= 15 is 0 Å². The standard InChI is InChI=1S/C27H31ClN2O7/c1-3-35-19-8-5-16(6-9-19)13-18-14-17(7-10-20(18)28)26-25(33)24(32)23(31)22(37-26)15-30-21(11-12-29-30)27(34)36-4-2/h5-12,14,22-26,31-33H,3-4,13,15H2,1-2H3/t22-,23+,24-,25-,26+/m1/s1. The number of carbonyl (C=O) groups is 1. The van der Waals surface area contributed by atoms with Crippen molar-refractivity contribution < 1.29 is 34.3 Å². The number of nitrogens with zero attached hydrogens (tertiary/aromatic N) is 2. The van der Waals surface area contributed by atoms with Crippen LogP contribution in [0.2, 0.25) is 5.02 Å². The van der Waals surface area contributed by atoms with Crippen LogP contribution in [-0.2, 0) is 22.4 Å². The number of benzene rings is 2. The highest BCUT2D eigenvalue weighted by Gasteiger charge is 2.44. The second-order valence-electron chi connectivity index (χ2n) is 8.79. The minimum Gasteiger partial charge on any atom is -0.494 e. The number of aromatic nitrogens is 2. The molecule has 0 bridgehead atoms. The maximum absolute atomic E-state index is 12.2. The molecule has 1 aliphatic rings. The van der Waals surface area contributed by atoms with E-state index in [1.807, 2.05) is 37.3 Å². The molecule has 0 spiro atoms. The summed E-state index contributed by atoms with van der Waals surface area (Å²) in [5.74, 6) is 0.228. The predicted molar refractivity (Wildman–Crippen MR) is 136 cm³/mol. The van der Waals surface area contributed by atoms with Gasteiger partial charge in [0.2, 0.25) is 0 Å². The van der Waals surface area contributed by atoms with Crippen molar-refractivity contribution in [1.82, 2.24) is 9.78 Å². The minimum absolute atomic E-state index is 0.0325. The smallest absolute Gasteiger partial charge is 0.356 e. The van der Waals surface area contributed by atoms with Crippen LogP contribution in [0.5, 0.6) is 5.75 Å². The van der Waals surface area contributed by atoms with Crippen molar-refractivity contribution in [2.24, 2.45) is 0 Å². The van der Waals surface area contributed by atoms with E-state index in [4.69, 9.17) is 25.8 Å². The zero-order chi connectivity index (χ0) is 26.5. The SMILES string of the molecule is CCOC(=O)c1ccnn1C[C@H]1O[C@@H](c2ccc(Cl)c(Cc3ccc(OCC)cc3)c2)[C@H](O)[C@H](O)[C@H]1O. The van der Waals surface area contributed by atoms with E-state index in [9.17, 15) is 20.1 Å². The third kappa shape index (κ3) is 6.14. The Labute approximate surface area is 220 Å². The first kappa shape index (κ1) is 27.1. The number of esters is 1. The molecule has 198 valence electrons. The van der Waals surface area contributed by atoms with Crippen LogP contribution in [0.1, 0.15) is 47.1 Å². The molecule has 1 aromatic heterocycles. The van der Waals surface area contributed by atoms with Crippen molar-refractivity contribution in [2.75, 3.05) is 13.2 Å². The Morgan fingerprint density at radius 3 is 2.49 bits per heavy atom. The van der Waals surface area contributed by atoms with Crippen LogP contribution >= 0.6 is 11.6 Å². The molecule has 0 radical (unpaired) electrons. The molecule has 0 amide bonds. The van der Waals surface area contributed by atoms with Gasteiger partial charge in [0, 0.05) is 11.2 Å². The van der Waals surface area contributed by atoms with Crippen LogP contribution < -0.4 is 4.74 Å². The van der Waals surface area contributed by atoms with Gasteiger partial charge in [-0.2, -0.15) is 5.10 Å². The van der Waals surface area contributed by atoms with Crippen LogP contribution in [0.15, 0.2) is 54.7 Å². The van der Waals surface area contributed by atoms with Crippen molar-refractivity contribution >= 4 is 17.6 Å². The molecule has 2 heterocycles. The molecular weight excluding hydrogens is 500 g/mol. The molecule has 3 N–H and O–H groups in total.